The lowest BCUT2D eigenvalue weighted by atomic mass is 9.89. The van der Waals surface area contributed by atoms with Crippen LogP contribution in [-0.2, 0) is 11.3 Å². The molecule has 2 aromatic rings. The molecule has 3 N–H and O–H groups in total. The molecule has 1 heterocycles. The molecule has 0 spiro atoms. The largest absolute Gasteiger partial charge is 0.494 e. The Morgan fingerprint density at radius 2 is 2.16 bits per heavy atom. The van der Waals surface area contributed by atoms with Crippen LogP contribution < -0.4 is 15.8 Å². The lowest BCUT2D eigenvalue weighted by Gasteiger charge is -2.23. The fourth-order valence-electron chi connectivity index (χ4n) is 3.94. The van der Waals surface area contributed by atoms with Crippen molar-refractivity contribution in [1.82, 2.24) is 15.1 Å². The maximum Gasteiger partial charge on any atom is 0.225 e. The number of nitrogens with two attached hydrogens (primary N) is 1. The van der Waals surface area contributed by atoms with Gasteiger partial charge in [0.25, 0.3) is 0 Å². The van der Waals surface area contributed by atoms with Gasteiger partial charge in [-0.1, -0.05) is 24.3 Å². The number of allylic oxidation sites excluding steroid dienone is 1. The van der Waals surface area contributed by atoms with Crippen LogP contribution in [0.15, 0.2) is 48.8 Å². The van der Waals surface area contributed by atoms with Crippen LogP contribution in [0.4, 0.5) is 0 Å². The smallest absolute Gasteiger partial charge is 0.225 e. The molecule has 1 aromatic carbocycles. The third-order valence-electron chi connectivity index (χ3n) is 5.26. The van der Waals surface area contributed by atoms with Gasteiger partial charge in [0, 0.05) is 24.3 Å². The van der Waals surface area contributed by atoms with E-state index in [-0.39, 0.29) is 23.8 Å². The Kier molecular flexibility index (Phi) is 4.05. The summed E-state index contributed by atoms with van der Waals surface area (Å²) in [6.45, 7) is 0.443. The SMILES string of the molecule is COc1ccccc1-n1cc(CNC(=O)[C@H]2[C@@H](N)[C@H]3C=C[C@@H]2C3)cn1. The molecule has 4 atom stereocenters. The molecule has 1 fully saturated rings. The quantitative estimate of drug-likeness (QED) is 0.812. The maximum atomic E-state index is 12.5. The first-order chi connectivity index (χ1) is 12.2. The van der Waals surface area contributed by atoms with Crippen LogP contribution in [0.2, 0.25) is 0 Å². The van der Waals surface area contributed by atoms with E-state index in [0.29, 0.717) is 12.5 Å². The highest BCUT2D eigenvalue weighted by atomic mass is 16.5. The van der Waals surface area contributed by atoms with E-state index in [2.05, 4.69) is 22.6 Å². The fourth-order valence-corrected chi connectivity index (χ4v) is 3.94. The van der Waals surface area contributed by atoms with E-state index in [1.807, 2.05) is 30.5 Å². The third-order valence-corrected chi connectivity index (χ3v) is 5.26. The Morgan fingerprint density at radius 3 is 2.92 bits per heavy atom. The number of hydrogen-bond donors (Lipinski definition) is 2. The third kappa shape index (κ3) is 2.82. The van der Waals surface area contributed by atoms with Gasteiger partial charge < -0.3 is 15.8 Å². The van der Waals surface area contributed by atoms with Crippen molar-refractivity contribution in [3.63, 3.8) is 0 Å². The minimum absolute atomic E-state index is 0.0365. The lowest BCUT2D eigenvalue weighted by molar-refractivity contribution is -0.126. The van der Waals surface area contributed by atoms with Crippen LogP contribution in [0, 0.1) is 17.8 Å². The first-order valence-electron chi connectivity index (χ1n) is 8.56. The van der Waals surface area contributed by atoms with Gasteiger partial charge in [-0.15, -0.1) is 0 Å². The molecule has 2 aliphatic carbocycles. The van der Waals surface area contributed by atoms with Crippen LogP contribution in [0.1, 0.15) is 12.0 Å². The van der Waals surface area contributed by atoms with Gasteiger partial charge in [0.05, 0.1) is 19.2 Å². The van der Waals surface area contributed by atoms with Gasteiger partial charge in [0.15, 0.2) is 0 Å². The van der Waals surface area contributed by atoms with Crippen molar-refractivity contribution in [2.75, 3.05) is 7.11 Å². The van der Waals surface area contributed by atoms with Crippen molar-refractivity contribution in [2.45, 2.75) is 19.0 Å². The van der Waals surface area contributed by atoms with Gasteiger partial charge in [-0.05, 0) is 30.4 Å². The summed E-state index contributed by atoms with van der Waals surface area (Å²) in [4.78, 5) is 12.5. The number of carbonyl (C=O) groups excluding carboxylic acids is 1. The van der Waals surface area contributed by atoms with Crippen LogP contribution in [0.3, 0.4) is 0 Å². The maximum absolute atomic E-state index is 12.5. The number of aromatic nitrogens is 2. The van der Waals surface area contributed by atoms with Crippen molar-refractivity contribution in [2.24, 2.45) is 23.5 Å². The second-order valence-corrected chi connectivity index (χ2v) is 6.73. The molecule has 0 aliphatic heterocycles. The molecule has 130 valence electrons. The summed E-state index contributed by atoms with van der Waals surface area (Å²) in [7, 11) is 1.64. The minimum atomic E-state index is -0.112. The number of amides is 1. The van der Waals surface area contributed by atoms with Crippen molar-refractivity contribution >= 4 is 5.91 Å². The van der Waals surface area contributed by atoms with Gasteiger partial charge in [0.2, 0.25) is 5.91 Å². The predicted molar refractivity (Wildman–Crippen MR) is 94.2 cm³/mol. The lowest BCUT2D eigenvalue weighted by Crippen LogP contribution is -2.43. The minimum Gasteiger partial charge on any atom is -0.494 e. The summed E-state index contributed by atoms with van der Waals surface area (Å²) >= 11 is 0. The van der Waals surface area contributed by atoms with E-state index >= 15 is 0 Å². The molecule has 2 aliphatic rings. The average molecular weight is 338 g/mol. The molecule has 0 radical (unpaired) electrons. The van der Waals surface area contributed by atoms with Gasteiger partial charge in [-0.3, -0.25) is 4.79 Å². The van der Waals surface area contributed by atoms with Crippen LogP contribution in [-0.4, -0.2) is 28.8 Å². The highest BCUT2D eigenvalue weighted by Crippen LogP contribution is 2.42. The van der Waals surface area contributed by atoms with Crippen LogP contribution >= 0.6 is 0 Å². The second kappa shape index (κ2) is 6.37. The molecule has 1 amide bonds. The van der Waals surface area contributed by atoms with Crippen molar-refractivity contribution in [1.29, 1.82) is 0 Å². The summed E-state index contributed by atoms with van der Waals surface area (Å²) < 4.78 is 7.12. The van der Waals surface area contributed by atoms with Gasteiger partial charge >= 0.3 is 0 Å². The number of methoxy groups -OCH3 is 1. The Morgan fingerprint density at radius 1 is 1.36 bits per heavy atom. The molecule has 25 heavy (non-hydrogen) atoms. The van der Waals surface area contributed by atoms with E-state index in [4.69, 9.17) is 10.5 Å². The number of para-hydroxylation sites is 2. The average Bonchev–Trinajstić information content (AvgIpc) is 3.35. The highest BCUT2D eigenvalue weighted by molar-refractivity contribution is 5.81. The zero-order valence-corrected chi connectivity index (χ0v) is 14.1. The number of fused-ring (bicyclic) bond motifs is 2. The van der Waals surface area contributed by atoms with Crippen LogP contribution in [0.25, 0.3) is 5.69 Å². The Balaban J connectivity index is 1.42. The van der Waals surface area contributed by atoms with E-state index in [0.717, 1.165) is 23.4 Å². The van der Waals surface area contributed by atoms with Crippen molar-refractivity contribution < 1.29 is 9.53 Å². The van der Waals surface area contributed by atoms with Gasteiger partial charge in [0.1, 0.15) is 11.4 Å². The molecule has 4 rings (SSSR count). The summed E-state index contributed by atoms with van der Waals surface area (Å²) in [5, 5.41) is 7.39. The molecule has 0 saturated heterocycles. The fraction of sp³-hybridized carbons (Fsp3) is 0.368. The number of nitrogens with zero attached hydrogens (tertiary/aromatic N) is 2. The first kappa shape index (κ1) is 15.9. The monoisotopic (exact) mass is 338 g/mol. The normalized spacial score (nSPS) is 26.8. The molecular weight excluding hydrogens is 316 g/mol. The number of carbonyl (C=O) groups is 1. The second-order valence-electron chi connectivity index (χ2n) is 6.73. The Hall–Kier alpha value is -2.60. The van der Waals surface area contributed by atoms with Gasteiger partial charge in [-0.2, -0.15) is 5.10 Å². The Labute approximate surface area is 146 Å². The van der Waals surface area contributed by atoms with Gasteiger partial charge in [-0.25, -0.2) is 4.68 Å². The van der Waals surface area contributed by atoms with E-state index in [9.17, 15) is 4.79 Å². The van der Waals surface area contributed by atoms with Crippen molar-refractivity contribution in [3.05, 3.63) is 54.4 Å². The standard InChI is InChI=1S/C19H22N4O2/c1-25-16-5-3-2-4-15(16)23-11-12(10-22-23)9-21-19(24)17-13-6-7-14(8-13)18(17)20/h2-7,10-11,13-14,17-18H,8-9,20H2,1H3,(H,21,24)/t13-,14+,17-,18+/m1/s1. The van der Waals surface area contributed by atoms with Crippen molar-refractivity contribution in [3.8, 4) is 11.4 Å². The van der Waals surface area contributed by atoms with Crippen LogP contribution in [0.5, 0.6) is 5.75 Å². The summed E-state index contributed by atoms with van der Waals surface area (Å²) in [5.41, 5.74) is 8.00. The summed E-state index contributed by atoms with van der Waals surface area (Å²) in [6, 6.07) is 7.62. The number of ether oxygens (including phenoxy) is 1. The predicted octanol–water partition coefficient (Wildman–Crippen LogP) is 1.65. The molecule has 0 unspecified atom stereocenters. The summed E-state index contributed by atoms with van der Waals surface area (Å²) in [5.74, 6) is 1.32. The Bertz CT molecular complexity index is 813. The number of nitrogens with one attached hydrogen (secondary N) is 1. The van der Waals surface area contributed by atoms with E-state index in [1.165, 1.54) is 0 Å². The summed E-state index contributed by atoms with van der Waals surface area (Å²) in [6.07, 6.45) is 8.95. The molecule has 1 saturated carbocycles. The number of benzene rings is 1. The molecule has 6 heteroatoms. The number of hydrogen-bond acceptors (Lipinski definition) is 4. The van der Waals surface area contributed by atoms with E-state index < -0.39 is 0 Å². The highest BCUT2D eigenvalue weighted by Gasteiger charge is 2.46. The zero-order chi connectivity index (χ0) is 17.4. The molecular formula is C19H22N4O2. The molecule has 2 bridgehead atoms. The zero-order valence-electron chi connectivity index (χ0n) is 14.1. The molecule has 6 nitrogen and oxygen atoms in total. The van der Waals surface area contributed by atoms with E-state index in [1.54, 1.807) is 18.0 Å². The molecule has 1 aromatic heterocycles. The number of rotatable bonds is 5. The first-order valence-corrected chi connectivity index (χ1v) is 8.56. The topological polar surface area (TPSA) is 82.2 Å².